The first kappa shape index (κ1) is 35.1. The smallest absolute Gasteiger partial charge is 0.139 e. The molecule has 0 aliphatic rings. The Morgan fingerprint density at radius 1 is 0.667 bits per heavy atom. The van der Waals surface area contributed by atoms with Crippen LogP contribution in [0.3, 0.4) is 0 Å². The zero-order valence-corrected chi connectivity index (χ0v) is 32.0. The van der Waals surface area contributed by atoms with Gasteiger partial charge in [0, 0.05) is 43.4 Å². The Morgan fingerprint density at radius 3 is 2.10 bits per heavy atom. The van der Waals surface area contributed by atoms with Gasteiger partial charge in [-0.1, -0.05) is 112 Å². The van der Waals surface area contributed by atoms with Crippen LogP contribution in [0.2, 0.25) is 19.6 Å². The van der Waals surface area contributed by atoms with Crippen LogP contribution in [-0.4, -0.2) is 23.0 Å². The van der Waals surface area contributed by atoms with Crippen LogP contribution in [0.4, 0.5) is 0 Å². The molecule has 6 heteroatoms. The van der Waals surface area contributed by atoms with Crippen molar-refractivity contribution in [3.05, 3.63) is 133 Å². The van der Waals surface area contributed by atoms with Gasteiger partial charge in [-0.25, -0.2) is 0 Å². The number of furan rings is 1. The van der Waals surface area contributed by atoms with Gasteiger partial charge in [0.1, 0.15) is 5.58 Å². The van der Waals surface area contributed by atoms with E-state index < -0.39 is 8.07 Å². The number of aromatic nitrogens is 3. The Bertz CT molecular complexity index is 2130. The van der Waals surface area contributed by atoms with Gasteiger partial charge in [0.2, 0.25) is 0 Å². The Hall–Kier alpha value is -4.22. The summed E-state index contributed by atoms with van der Waals surface area (Å²) in [6.07, 6.45) is 5.76. The van der Waals surface area contributed by atoms with Crippen molar-refractivity contribution in [2.24, 2.45) is 0 Å². The van der Waals surface area contributed by atoms with Crippen molar-refractivity contribution < 1.29 is 24.5 Å². The van der Waals surface area contributed by atoms with E-state index in [1.165, 1.54) is 16.3 Å². The molecular formula is C42H41IrN3OSi-2. The predicted molar refractivity (Wildman–Crippen MR) is 199 cm³/mol. The van der Waals surface area contributed by atoms with Crippen molar-refractivity contribution in [2.45, 2.75) is 59.2 Å². The number of rotatable bonds is 6. The molecule has 0 spiro atoms. The average Bonchev–Trinajstić information content (AvgIpc) is 3.47. The number of pyridine rings is 3. The zero-order chi connectivity index (χ0) is 33.1. The number of hydrogen-bond acceptors (Lipinski definition) is 4. The van der Waals surface area contributed by atoms with Crippen LogP contribution in [0.1, 0.15) is 50.7 Å². The molecule has 245 valence electrons. The van der Waals surface area contributed by atoms with Crippen molar-refractivity contribution in [3.63, 3.8) is 0 Å². The number of hydrogen-bond donors (Lipinski definition) is 0. The molecule has 7 aromatic rings. The monoisotopic (exact) mass is 824 g/mol. The molecule has 0 aliphatic carbocycles. The third-order valence-electron chi connectivity index (χ3n) is 8.45. The molecule has 0 amide bonds. The van der Waals surface area contributed by atoms with Gasteiger partial charge in [0.25, 0.3) is 0 Å². The van der Waals surface area contributed by atoms with Gasteiger partial charge in [-0.2, -0.15) is 0 Å². The Kier molecular flexibility index (Phi) is 10.9. The summed E-state index contributed by atoms with van der Waals surface area (Å²) in [7, 11) is -1.34. The zero-order valence-electron chi connectivity index (χ0n) is 28.6. The fourth-order valence-corrected chi connectivity index (χ4v) is 7.50. The van der Waals surface area contributed by atoms with Gasteiger partial charge in [-0.15, -0.1) is 54.1 Å². The molecule has 3 aromatic carbocycles. The van der Waals surface area contributed by atoms with Crippen LogP contribution in [0.25, 0.3) is 55.7 Å². The molecule has 0 fully saturated rings. The van der Waals surface area contributed by atoms with Crippen LogP contribution >= 0.6 is 0 Å². The first-order valence-electron chi connectivity index (χ1n) is 16.3. The number of nitrogens with zero attached hydrogens (tertiary/aromatic N) is 3. The van der Waals surface area contributed by atoms with Crippen molar-refractivity contribution in [1.29, 1.82) is 0 Å². The summed E-state index contributed by atoms with van der Waals surface area (Å²) in [5, 5.41) is 3.58. The molecule has 0 N–H and O–H groups in total. The van der Waals surface area contributed by atoms with Crippen LogP contribution in [-0.2, 0) is 20.1 Å². The van der Waals surface area contributed by atoms with Crippen molar-refractivity contribution in [3.8, 4) is 33.8 Å². The van der Waals surface area contributed by atoms with E-state index >= 15 is 0 Å². The second-order valence-electron chi connectivity index (χ2n) is 13.6. The molecule has 4 nitrogen and oxygen atoms in total. The second kappa shape index (κ2) is 14.9. The first-order valence-corrected chi connectivity index (χ1v) is 19.8. The van der Waals surface area contributed by atoms with E-state index in [2.05, 4.69) is 123 Å². The summed E-state index contributed by atoms with van der Waals surface area (Å²) in [5.41, 5.74) is 10.2. The van der Waals surface area contributed by atoms with Crippen LogP contribution in [0, 0.1) is 12.1 Å². The minimum Gasteiger partial charge on any atom is -0.499 e. The van der Waals surface area contributed by atoms with E-state index in [-0.39, 0.29) is 20.1 Å². The molecule has 0 bridgehead atoms. The number of fused-ring (bicyclic) bond motifs is 3. The molecule has 0 atom stereocenters. The molecule has 48 heavy (non-hydrogen) atoms. The maximum absolute atomic E-state index is 6.20. The maximum atomic E-state index is 6.20. The van der Waals surface area contributed by atoms with Crippen molar-refractivity contribution >= 4 is 35.2 Å². The third kappa shape index (κ3) is 7.57. The molecule has 4 aromatic heterocycles. The molecule has 0 saturated carbocycles. The Balaban J connectivity index is 0.000000198. The quantitative estimate of drug-likeness (QED) is 0.124. The topological polar surface area (TPSA) is 51.8 Å². The van der Waals surface area contributed by atoms with Crippen LogP contribution in [0.15, 0.2) is 114 Å². The fraction of sp³-hybridized carbons (Fsp3) is 0.214. The van der Waals surface area contributed by atoms with Crippen LogP contribution in [0.5, 0.6) is 0 Å². The van der Waals surface area contributed by atoms with Crippen molar-refractivity contribution in [2.75, 3.05) is 0 Å². The first-order chi connectivity index (χ1) is 22.6. The minimum atomic E-state index is -1.34. The van der Waals surface area contributed by atoms with Gasteiger partial charge in [0.05, 0.1) is 25.5 Å². The molecule has 0 aliphatic heterocycles. The number of benzene rings is 3. The molecule has 7 rings (SSSR count). The summed E-state index contributed by atoms with van der Waals surface area (Å²) in [6, 6.07) is 37.3. The van der Waals surface area contributed by atoms with E-state index in [4.69, 9.17) is 4.42 Å². The standard InChI is InChI=1S/C25H19N2O.C17H22NSi.Ir/c1-16(2)18-11-12-26-23(13-18)20-10-6-9-19-21-14-22(17-7-4-3-5-8-17)27-15-24(21)28-25(19)20;1-13(2)15-11-16(14-9-7-6-8-10-14)18-12-17(15)19(3,4)5;/h3-9,11-16H,1-2H3;6-9,11-13H,1-5H3;/q2*-1;. The van der Waals surface area contributed by atoms with E-state index in [0.717, 1.165) is 55.7 Å². The summed E-state index contributed by atoms with van der Waals surface area (Å²) < 4.78 is 6.20. The third-order valence-corrected chi connectivity index (χ3v) is 10.5. The predicted octanol–water partition coefficient (Wildman–Crippen LogP) is 10.8. The minimum absolute atomic E-state index is 0. The van der Waals surface area contributed by atoms with Crippen LogP contribution < -0.4 is 5.19 Å². The maximum Gasteiger partial charge on any atom is 0.139 e. The normalized spacial score (nSPS) is 11.4. The van der Waals surface area contributed by atoms with Gasteiger partial charge in [-0.3, -0.25) is 4.98 Å². The fourth-order valence-electron chi connectivity index (χ4n) is 5.82. The Morgan fingerprint density at radius 2 is 1.42 bits per heavy atom. The molecule has 0 saturated heterocycles. The van der Waals surface area contributed by atoms with Gasteiger partial charge in [-0.05, 0) is 40.5 Å². The van der Waals surface area contributed by atoms with Gasteiger partial charge in [0.15, 0.2) is 0 Å². The molecular weight excluding hydrogens is 783 g/mol. The summed E-state index contributed by atoms with van der Waals surface area (Å²) in [5.74, 6) is 0.974. The molecule has 0 unspecified atom stereocenters. The molecule has 1 radical (unpaired) electrons. The van der Waals surface area contributed by atoms with E-state index in [1.807, 2.05) is 54.7 Å². The summed E-state index contributed by atoms with van der Waals surface area (Å²) >= 11 is 0. The summed E-state index contributed by atoms with van der Waals surface area (Å²) in [6.45, 7) is 16.0. The van der Waals surface area contributed by atoms with E-state index in [1.54, 1.807) is 6.20 Å². The SMILES string of the molecule is CC(C)c1cc(-c2[c-]cccc2)ncc1[Si](C)(C)C.CC(C)c1ccnc(-c2[c-]ccc3c2oc2cnc(-c4ccccc4)cc23)c1.[Ir]. The van der Waals surface area contributed by atoms with Gasteiger partial charge < -0.3 is 14.4 Å². The molecule has 4 heterocycles. The van der Waals surface area contributed by atoms with E-state index in [0.29, 0.717) is 11.8 Å². The largest absolute Gasteiger partial charge is 0.499 e. The van der Waals surface area contributed by atoms with Crippen molar-refractivity contribution in [1.82, 2.24) is 15.0 Å². The Labute approximate surface area is 299 Å². The average molecular weight is 824 g/mol. The second-order valence-corrected chi connectivity index (χ2v) is 18.6. The van der Waals surface area contributed by atoms with Gasteiger partial charge >= 0.3 is 0 Å². The summed E-state index contributed by atoms with van der Waals surface area (Å²) in [4.78, 5) is 13.8. The van der Waals surface area contributed by atoms with E-state index in [9.17, 15) is 0 Å².